The summed E-state index contributed by atoms with van der Waals surface area (Å²) >= 11 is 0. The summed E-state index contributed by atoms with van der Waals surface area (Å²) in [6.45, 7) is 7.62. The molecule has 4 nitrogen and oxygen atoms in total. The van der Waals surface area contributed by atoms with Crippen LogP contribution in [-0.4, -0.2) is 24.9 Å². The van der Waals surface area contributed by atoms with Gasteiger partial charge in [0.25, 0.3) is 0 Å². The van der Waals surface area contributed by atoms with Gasteiger partial charge < -0.3 is 14.8 Å². The molecule has 0 spiro atoms. The molecule has 0 aromatic heterocycles. The minimum atomic E-state index is -2.96. The number of rotatable bonds is 6. The molecule has 0 aromatic carbocycles. The maximum absolute atomic E-state index is 11.9. The van der Waals surface area contributed by atoms with Crippen LogP contribution in [0.2, 0.25) is 0 Å². The van der Waals surface area contributed by atoms with Crippen molar-refractivity contribution in [1.29, 1.82) is 0 Å². The van der Waals surface area contributed by atoms with Crippen molar-refractivity contribution < 1.29 is 13.6 Å². The van der Waals surface area contributed by atoms with E-state index in [1.807, 2.05) is 27.7 Å². The average molecular weight is 209 g/mol. The van der Waals surface area contributed by atoms with Crippen molar-refractivity contribution in [3.05, 3.63) is 0 Å². The van der Waals surface area contributed by atoms with E-state index in [9.17, 15) is 4.57 Å². The lowest BCUT2D eigenvalue weighted by atomic mass is 10.5. The van der Waals surface area contributed by atoms with E-state index in [0.717, 1.165) is 0 Å². The van der Waals surface area contributed by atoms with Crippen molar-refractivity contribution in [3.8, 4) is 0 Å². The third kappa shape index (κ3) is 6.22. The summed E-state index contributed by atoms with van der Waals surface area (Å²) in [4.78, 5) is 0. The molecule has 0 saturated carbocycles. The summed E-state index contributed by atoms with van der Waals surface area (Å²) in [5.41, 5.74) is 5.33. The lowest BCUT2D eigenvalue weighted by Crippen LogP contribution is -2.14. The lowest BCUT2D eigenvalue weighted by Gasteiger charge is -2.22. The van der Waals surface area contributed by atoms with Crippen molar-refractivity contribution in [3.63, 3.8) is 0 Å². The van der Waals surface area contributed by atoms with E-state index in [4.69, 9.17) is 14.8 Å². The van der Waals surface area contributed by atoms with Gasteiger partial charge in [-0.05, 0) is 27.7 Å². The zero-order chi connectivity index (χ0) is 10.5. The summed E-state index contributed by atoms with van der Waals surface area (Å²) in [6, 6.07) is 0. The molecule has 0 heterocycles. The Morgan fingerprint density at radius 3 is 1.77 bits per heavy atom. The maximum atomic E-state index is 11.9. The molecule has 0 aliphatic heterocycles. The largest absolute Gasteiger partial charge is 0.332 e. The summed E-state index contributed by atoms with van der Waals surface area (Å²) < 4.78 is 22.4. The third-order valence-electron chi connectivity index (χ3n) is 1.15. The molecule has 5 heteroatoms. The van der Waals surface area contributed by atoms with Gasteiger partial charge in [0.05, 0.1) is 18.4 Å². The van der Waals surface area contributed by atoms with Crippen molar-refractivity contribution in [2.24, 2.45) is 5.73 Å². The maximum Gasteiger partial charge on any atom is 0.332 e. The third-order valence-corrected chi connectivity index (χ3v) is 3.44. The van der Waals surface area contributed by atoms with E-state index in [1.165, 1.54) is 0 Å². The van der Waals surface area contributed by atoms with Crippen LogP contribution in [0.1, 0.15) is 27.7 Å². The Balaban J connectivity index is 4.25. The molecule has 80 valence electrons. The molecule has 0 rings (SSSR count). The van der Waals surface area contributed by atoms with Gasteiger partial charge in [-0.25, -0.2) is 0 Å². The van der Waals surface area contributed by atoms with E-state index in [2.05, 4.69) is 0 Å². The first-order valence-corrected chi connectivity index (χ1v) is 6.28. The zero-order valence-electron chi connectivity index (χ0n) is 8.82. The Hall–Kier alpha value is 0.110. The normalized spacial score (nSPS) is 12.8. The molecular formula is C8H20NO3P. The molecule has 0 fully saturated rings. The second-order valence-corrected chi connectivity index (χ2v) is 5.52. The molecule has 0 atom stereocenters. The predicted molar refractivity (Wildman–Crippen MR) is 54.0 cm³/mol. The highest BCUT2D eigenvalue weighted by atomic mass is 31.2. The monoisotopic (exact) mass is 209 g/mol. The van der Waals surface area contributed by atoms with Gasteiger partial charge in [-0.3, -0.25) is 4.57 Å². The first kappa shape index (κ1) is 13.1. The van der Waals surface area contributed by atoms with Crippen LogP contribution in [0.3, 0.4) is 0 Å². The van der Waals surface area contributed by atoms with E-state index in [-0.39, 0.29) is 18.4 Å². The highest BCUT2D eigenvalue weighted by Gasteiger charge is 2.26. The molecule has 0 aliphatic rings. The van der Waals surface area contributed by atoms with Crippen LogP contribution in [0.4, 0.5) is 0 Å². The van der Waals surface area contributed by atoms with E-state index < -0.39 is 7.60 Å². The average Bonchev–Trinajstić information content (AvgIpc) is 1.81. The SMILES string of the molecule is CC(C)OP(=O)(CCN)OC(C)C. The smallest absolute Gasteiger partial charge is 0.330 e. The first-order valence-electron chi connectivity index (χ1n) is 4.55. The van der Waals surface area contributed by atoms with Crippen LogP contribution < -0.4 is 5.73 Å². The molecule has 0 aromatic rings. The van der Waals surface area contributed by atoms with Crippen LogP contribution in [0.5, 0.6) is 0 Å². The van der Waals surface area contributed by atoms with E-state index in [1.54, 1.807) is 0 Å². The first-order chi connectivity index (χ1) is 5.89. The number of hydrogen-bond donors (Lipinski definition) is 1. The van der Waals surface area contributed by atoms with Crippen molar-refractivity contribution in [2.45, 2.75) is 39.9 Å². The van der Waals surface area contributed by atoms with Crippen LogP contribution >= 0.6 is 7.60 Å². The van der Waals surface area contributed by atoms with Crippen LogP contribution in [0.25, 0.3) is 0 Å². The predicted octanol–water partition coefficient (Wildman–Crippen LogP) is 1.99. The fraction of sp³-hybridized carbons (Fsp3) is 1.00. The van der Waals surface area contributed by atoms with Crippen molar-refractivity contribution in [2.75, 3.05) is 12.7 Å². The molecule has 0 unspecified atom stereocenters. The highest BCUT2D eigenvalue weighted by molar-refractivity contribution is 7.53. The topological polar surface area (TPSA) is 61.5 Å². The minimum absolute atomic E-state index is 0.101. The second kappa shape index (κ2) is 5.76. The zero-order valence-corrected chi connectivity index (χ0v) is 9.71. The number of nitrogens with two attached hydrogens (primary N) is 1. The van der Waals surface area contributed by atoms with Gasteiger partial charge in [-0.2, -0.15) is 0 Å². The van der Waals surface area contributed by atoms with Gasteiger partial charge in [0, 0.05) is 6.54 Å². The van der Waals surface area contributed by atoms with Gasteiger partial charge >= 0.3 is 7.60 Å². The second-order valence-electron chi connectivity index (χ2n) is 3.43. The Bertz CT molecular complexity index is 168. The Kier molecular flexibility index (Phi) is 5.81. The molecule has 0 saturated heterocycles. The summed E-state index contributed by atoms with van der Waals surface area (Å²) in [7, 11) is -2.96. The summed E-state index contributed by atoms with van der Waals surface area (Å²) in [5.74, 6) is 0. The lowest BCUT2D eigenvalue weighted by molar-refractivity contribution is 0.143. The Morgan fingerprint density at radius 1 is 1.15 bits per heavy atom. The highest BCUT2D eigenvalue weighted by Crippen LogP contribution is 2.49. The van der Waals surface area contributed by atoms with Crippen LogP contribution in [-0.2, 0) is 13.6 Å². The van der Waals surface area contributed by atoms with Crippen LogP contribution in [0.15, 0.2) is 0 Å². The van der Waals surface area contributed by atoms with Gasteiger partial charge in [0.15, 0.2) is 0 Å². The molecule has 13 heavy (non-hydrogen) atoms. The van der Waals surface area contributed by atoms with Gasteiger partial charge in [-0.15, -0.1) is 0 Å². The minimum Gasteiger partial charge on any atom is -0.330 e. The van der Waals surface area contributed by atoms with Crippen molar-refractivity contribution >= 4 is 7.60 Å². The fourth-order valence-corrected chi connectivity index (χ4v) is 2.79. The van der Waals surface area contributed by atoms with Crippen molar-refractivity contribution in [1.82, 2.24) is 0 Å². The Labute approximate surface area is 80.3 Å². The fourth-order valence-electron chi connectivity index (χ4n) is 0.931. The van der Waals surface area contributed by atoms with Gasteiger partial charge in [-0.1, -0.05) is 0 Å². The molecule has 0 radical (unpaired) electrons. The molecule has 0 aliphatic carbocycles. The van der Waals surface area contributed by atoms with Gasteiger partial charge in [0.2, 0.25) is 0 Å². The standard InChI is InChI=1S/C8H20NO3P/c1-7(2)11-13(10,6-5-9)12-8(3)4/h7-8H,5-6,9H2,1-4H3. The summed E-state index contributed by atoms with van der Waals surface area (Å²) in [5, 5.41) is 0. The van der Waals surface area contributed by atoms with Gasteiger partial charge in [0.1, 0.15) is 0 Å². The summed E-state index contributed by atoms with van der Waals surface area (Å²) in [6.07, 6.45) is 0.0795. The Morgan fingerprint density at radius 2 is 1.54 bits per heavy atom. The molecule has 0 bridgehead atoms. The molecule has 2 N–H and O–H groups in total. The van der Waals surface area contributed by atoms with E-state index in [0.29, 0.717) is 6.54 Å². The molecule has 0 amide bonds. The van der Waals surface area contributed by atoms with Crippen LogP contribution in [0, 0.1) is 0 Å². The van der Waals surface area contributed by atoms with E-state index >= 15 is 0 Å². The quantitative estimate of drug-likeness (QED) is 0.679. The molecular weight excluding hydrogens is 189 g/mol. The number of hydrogen-bond acceptors (Lipinski definition) is 4.